The maximum atomic E-state index is 6.16. The summed E-state index contributed by atoms with van der Waals surface area (Å²) in [4.78, 5) is 4.85. The molecule has 4 fully saturated rings. The van der Waals surface area contributed by atoms with Crippen molar-refractivity contribution in [1.82, 2.24) is 14.8 Å². The van der Waals surface area contributed by atoms with Gasteiger partial charge in [-0.2, -0.15) is 5.10 Å². The van der Waals surface area contributed by atoms with Gasteiger partial charge >= 0.3 is 0 Å². The molecule has 0 spiro atoms. The molecule has 1 heterocycles. The van der Waals surface area contributed by atoms with Gasteiger partial charge in [-0.05, 0) is 62.2 Å². The first-order valence-corrected chi connectivity index (χ1v) is 8.32. The standard InChI is InChI=1S/C16H26N4/c1-3-13(17)16-18-15(19-20(16)2)14-11-5-9-4-10(7-11)8-12(14)6-9/h9-14H,3-8,17H2,1-2H3. The molecule has 5 rings (SSSR count). The van der Waals surface area contributed by atoms with Gasteiger partial charge in [-0.1, -0.05) is 6.92 Å². The van der Waals surface area contributed by atoms with E-state index in [1.54, 1.807) is 0 Å². The second-order valence-electron chi connectivity index (χ2n) is 7.42. The summed E-state index contributed by atoms with van der Waals surface area (Å²) in [6.45, 7) is 2.11. The average molecular weight is 274 g/mol. The molecule has 0 saturated heterocycles. The zero-order valence-electron chi connectivity index (χ0n) is 12.6. The van der Waals surface area contributed by atoms with Crippen molar-refractivity contribution < 1.29 is 0 Å². The SMILES string of the molecule is CCC(N)c1nc(C2C3CC4CC(C3)CC2C4)nn1C. The molecule has 0 radical (unpaired) electrons. The third-order valence-corrected chi connectivity index (χ3v) is 6.11. The van der Waals surface area contributed by atoms with Crippen molar-refractivity contribution in [3.63, 3.8) is 0 Å². The third-order valence-electron chi connectivity index (χ3n) is 6.11. The van der Waals surface area contributed by atoms with Crippen LogP contribution in [0.4, 0.5) is 0 Å². The summed E-state index contributed by atoms with van der Waals surface area (Å²) in [6.07, 6.45) is 8.11. The van der Waals surface area contributed by atoms with E-state index < -0.39 is 0 Å². The molecule has 2 N–H and O–H groups in total. The van der Waals surface area contributed by atoms with Crippen LogP contribution >= 0.6 is 0 Å². The Morgan fingerprint density at radius 3 is 2.30 bits per heavy atom. The first-order valence-electron chi connectivity index (χ1n) is 8.32. The summed E-state index contributed by atoms with van der Waals surface area (Å²) < 4.78 is 1.93. The molecule has 4 aliphatic carbocycles. The first kappa shape index (κ1) is 12.8. The lowest BCUT2D eigenvalue weighted by molar-refractivity contribution is -0.00567. The van der Waals surface area contributed by atoms with Crippen molar-refractivity contribution in [2.75, 3.05) is 0 Å². The Bertz CT molecular complexity index is 479. The van der Waals surface area contributed by atoms with Gasteiger partial charge in [-0.25, -0.2) is 4.98 Å². The Morgan fingerprint density at radius 1 is 1.15 bits per heavy atom. The van der Waals surface area contributed by atoms with Gasteiger partial charge in [0.25, 0.3) is 0 Å². The minimum absolute atomic E-state index is 0.0260. The summed E-state index contributed by atoms with van der Waals surface area (Å²) in [5, 5.41) is 4.75. The van der Waals surface area contributed by atoms with E-state index in [0.717, 1.165) is 41.7 Å². The monoisotopic (exact) mass is 274 g/mol. The Balaban J connectivity index is 1.64. The molecule has 4 bridgehead atoms. The summed E-state index contributed by atoms with van der Waals surface area (Å²) in [6, 6.07) is 0.0260. The number of hydrogen-bond donors (Lipinski definition) is 1. The molecule has 0 aliphatic heterocycles. The minimum atomic E-state index is 0.0260. The maximum absolute atomic E-state index is 6.16. The van der Waals surface area contributed by atoms with E-state index in [2.05, 4.69) is 6.92 Å². The van der Waals surface area contributed by atoms with Crippen LogP contribution in [-0.4, -0.2) is 14.8 Å². The Hall–Kier alpha value is -0.900. The van der Waals surface area contributed by atoms with E-state index in [1.807, 2.05) is 11.7 Å². The quantitative estimate of drug-likeness (QED) is 0.922. The number of hydrogen-bond acceptors (Lipinski definition) is 3. The molecule has 1 unspecified atom stereocenters. The smallest absolute Gasteiger partial charge is 0.154 e. The predicted molar refractivity (Wildman–Crippen MR) is 78.0 cm³/mol. The number of aryl methyl sites for hydroxylation is 1. The molecule has 1 aromatic rings. The summed E-state index contributed by atoms with van der Waals surface area (Å²) in [5.41, 5.74) is 6.16. The van der Waals surface area contributed by atoms with Crippen molar-refractivity contribution >= 4 is 0 Å². The fourth-order valence-electron chi connectivity index (χ4n) is 5.41. The van der Waals surface area contributed by atoms with Crippen molar-refractivity contribution in [1.29, 1.82) is 0 Å². The first-order chi connectivity index (χ1) is 9.65. The molecule has 1 atom stereocenters. The highest BCUT2D eigenvalue weighted by Crippen LogP contribution is 2.59. The van der Waals surface area contributed by atoms with Crippen LogP contribution < -0.4 is 5.73 Å². The van der Waals surface area contributed by atoms with Crippen molar-refractivity contribution in [2.24, 2.45) is 36.5 Å². The van der Waals surface area contributed by atoms with E-state index in [1.165, 1.54) is 32.1 Å². The van der Waals surface area contributed by atoms with Gasteiger partial charge in [0.2, 0.25) is 0 Å². The molecule has 4 nitrogen and oxygen atoms in total. The fraction of sp³-hybridized carbons (Fsp3) is 0.875. The Kier molecular flexibility index (Phi) is 2.92. The zero-order chi connectivity index (χ0) is 13.9. The molecule has 20 heavy (non-hydrogen) atoms. The average Bonchev–Trinajstić information content (AvgIpc) is 2.78. The molecular weight excluding hydrogens is 248 g/mol. The fourth-order valence-corrected chi connectivity index (χ4v) is 5.41. The van der Waals surface area contributed by atoms with Gasteiger partial charge in [-0.3, -0.25) is 4.68 Å². The number of aromatic nitrogens is 3. The lowest BCUT2D eigenvalue weighted by atomic mass is 9.52. The predicted octanol–water partition coefficient (Wildman–Crippen LogP) is 2.76. The van der Waals surface area contributed by atoms with E-state index >= 15 is 0 Å². The number of nitrogens with zero attached hydrogens (tertiary/aromatic N) is 3. The lowest BCUT2D eigenvalue weighted by Gasteiger charge is -2.53. The summed E-state index contributed by atoms with van der Waals surface area (Å²) in [7, 11) is 2.00. The molecule has 4 saturated carbocycles. The van der Waals surface area contributed by atoms with Gasteiger partial charge in [0.05, 0.1) is 6.04 Å². The Labute approximate surface area is 121 Å². The molecule has 110 valence electrons. The molecular formula is C16H26N4. The van der Waals surface area contributed by atoms with Crippen molar-refractivity contribution in [3.05, 3.63) is 11.6 Å². The van der Waals surface area contributed by atoms with Gasteiger partial charge in [0, 0.05) is 13.0 Å². The summed E-state index contributed by atoms with van der Waals surface area (Å²) >= 11 is 0. The van der Waals surface area contributed by atoms with E-state index in [-0.39, 0.29) is 6.04 Å². The molecule has 0 aromatic carbocycles. The van der Waals surface area contributed by atoms with Crippen LogP contribution in [-0.2, 0) is 7.05 Å². The lowest BCUT2D eigenvalue weighted by Crippen LogP contribution is -2.44. The maximum Gasteiger partial charge on any atom is 0.154 e. The van der Waals surface area contributed by atoms with Crippen LogP contribution in [0.3, 0.4) is 0 Å². The summed E-state index contributed by atoms with van der Waals surface area (Å²) in [5.74, 6) is 6.40. The van der Waals surface area contributed by atoms with E-state index in [0.29, 0.717) is 5.92 Å². The number of rotatable bonds is 3. The normalized spacial score (nSPS) is 40.2. The van der Waals surface area contributed by atoms with Gasteiger partial charge in [0.1, 0.15) is 5.82 Å². The van der Waals surface area contributed by atoms with Crippen molar-refractivity contribution in [2.45, 2.75) is 57.4 Å². The largest absolute Gasteiger partial charge is 0.321 e. The molecule has 0 amide bonds. The second kappa shape index (κ2) is 4.55. The van der Waals surface area contributed by atoms with Crippen LogP contribution in [0.15, 0.2) is 0 Å². The van der Waals surface area contributed by atoms with Crippen LogP contribution in [0.1, 0.15) is 69.1 Å². The highest BCUT2D eigenvalue weighted by atomic mass is 15.3. The molecule has 4 aliphatic rings. The van der Waals surface area contributed by atoms with Crippen molar-refractivity contribution in [3.8, 4) is 0 Å². The molecule has 1 aromatic heterocycles. The van der Waals surface area contributed by atoms with Crippen LogP contribution in [0.25, 0.3) is 0 Å². The highest BCUT2D eigenvalue weighted by Gasteiger charge is 2.50. The van der Waals surface area contributed by atoms with E-state index in [4.69, 9.17) is 15.8 Å². The molecule has 4 heteroatoms. The topological polar surface area (TPSA) is 56.7 Å². The van der Waals surface area contributed by atoms with Crippen LogP contribution in [0.5, 0.6) is 0 Å². The van der Waals surface area contributed by atoms with Crippen LogP contribution in [0, 0.1) is 23.7 Å². The number of nitrogens with two attached hydrogens (primary N) is 1. The second-order valence-corrected chi connectivity index (χ2v) is 7.42. The van der Waals surface area contributed by atoms with Crippen LogP contribution in [0.2, 0.25) is 0 Å². The van der Waals surface area contributed by atoms with Gasteiger partial charge < -0.3 is 5.73 Å². The van der Waals surface area contributed by atoms with E-state index in [9.17, 15) is 0 Å². The van der Waals surface area contributed by atoms with Gasteiger partial charge in [0.15, 0.2) is 5.82 Å². The zero-order valence-corrected chi connectivity index (χ0v) is 12.6. The Morgan fingerprint density at radius 2 is 1.75 bits per heavy atom. The minimum Gasteiger partial charge on any atom is -0.321 e. The van der Waals surface area contributed by atoms with Gasteiger partial charge in [-0.15, -0.1) is 0 Å². The highest BCUT2D eigenvalue weighted by molar-refractivity contribution is 5.12. The third kappa shape index (κ3) is 1.84.